The average Bonchev–Trinajstić information content (AvgIpc) is 3.15. The smallest absolute Gasteiger partial charge is 0.270 e. The molecule has 1 N–H and O–H groups in total. The Bertz CT molecular complexity index is 1420. The second-order valence-corrected chi connectivity index (χ2v) is 10.0. The van der Waals surface area contributed by atoms with Gasteiger partial charge in [-0.15, -0.1) is 0 Å². The number of thiocarbonyl (C=S) groups is 1. The van der Waals surface area contributed by atoms with Crippen LogP contribution in [0.4, 0.5) is 5.82 Å². The van der Waals surface area contributed by atoms with Gasteiger partial charge in [-0.25, -0.2) is 0 Å². The molecule has 1 aliphatic rings. The van der Waals surface area contributed by atoms with Crippen molar-refractivity contribution in [3.63, 3.8) is 0 Å². The summed E-state index contributed by atoms with van der Waals surface area (Å²) < 4.78 is 2.04. The van der Waals surface area contributed by atoms with E-state index in [1.54, 1.807) is 22.5 Å². The minimum atomic E-state index is -0.339. The minimum absolute atomic E-state index is 0.0801. The molecule has 8 heteroatoms. The number of aromatic nitrogens is 1. The van der Waals surface area contributed by atoms with Crippen LogP contribution in [0.5, 0.6) is 0 Å². The van der Waals surface area contributed by atoms with Gasteiger partial charge in [-0.3, -0.25) is 19.1 Å². The van der Waals surface area contributed by atoms with E-state index >= 15 is 0 Å². The van der Waals surface area contributed by atoms with E-state index in [9.17, 15) is 14.9 Å². The van der Waals surface area contributed by atoms with Gasteiger partial charge in [0.2, 0.25) is 0 Å². The average molecular weight is 515 g/mol. The molecule has 0 atom stereocenters. The Kier molecular flexibility index (Phi) is 8.04. The Morgan fingerprint density at radius 3 is 2.31 bits per heavy atom. The predicted octanol–water partition coefficient (Wildman–Crippen LogP) is 5.10. The first-order valence-electron chi connectivity index (χ1n) is 11.7. The summed E-state index contributed by atoms with van der Waals surface area (Å²) in [5.41, 5.74) is 3.10. The van der Waals surface area contributed by atoms with Crippen LogP contribution < -0.4 is 10.9 Å². The fraction of sp³-hybridized carbons (Fsp3) is 0.214. The van der Waals surface area contributed by atoms with Crippen molar-refractivity contribution in [2.75, 3.05) is 11.9 Å². The van der Waals surface area contributed by atoms with Crippen molar-refractivity contribution in [2.45, 2.75) is 33.4 Å². The van der Waals surface area contributed by atoms with Gasteiger partial charge >= 0.3 is 0 Å². The van der Waals surface area contributed by atoms with E-state index in [0.29, 0.717) is 45.8 Å². The van der Waals surface area contributed by atoms with Gasteiger partial charge in [0.15, 0.2) is 0 Å². The highest BCUT2D eigenvalue weighted by Gasteiger charge is 2.32. The number of rotatable bonds is 8. The van der Waals surface area contributed by atoms with E-state index < -0.39 is 0 Å². The van der Waals surface area contributed by atoms with E-state index in [-0.39, 0.29) is 17.0 Å². The largest absolute Gasteiger partial charge is 0.371 e. The topological polar surface area (TPSA) is 78.1 Å². The lowest BCUT2D eigenvalue weighted by Gasteiger charge is -2.19. The molecule has 1 saturated heterocycles. The molecule has 0 unspecified atom stereocenters. The van der Waals surface area contributed by atoms with Crippen molar-refractivity contribution in [3.8, 4) is 6.07 Å². The third kappa shape index (κ3) is 5.27. The maximum absolute atomic E-state index is 13.3. The molecule has 0 spiro atoms. The second-order valence-electron chi connectivity index (χ2n) is 8.34. The van der Waals surface area contributed by atoms with Crippen LogP contribution in [0.15, 0.2) is 70.4 Å². The molecule has 0 aliphatic carbocycles. The standard InChI is InChI=1S/C28H26N4O2S2/c1-3-31-25(30-15-14-20-10-6-4-7-11-20)22(19(2)23(17-29)26(31)33)16-24-27(34)32(28(35)36-24)18-21-12-8-5-9-13-21/h4-13,16,30H,3,14-15,18H2,1-2H3/b24-16+. The van der Waals surface area contributed by atoms with Gasteiger partial charge in [-0.05, 0) is 43.0 Å². The quantitative estimate of drug-likeness (QED) is 0.333. The van der Waals surface area contributed by atoms with Gasteiger partial charge in [-0.1, -0.05) is 84.6 Å². The van der Waals surface area contributed by atoms with Crippen LogP contribution in [-0.2, 0) is 24.3 Å². The van der Waals surface area contributed by atoms with Crippen molar-refractivity contribution < 1.29 is 4.79 Å². The highest BCUT2D eigenvalue weighted by Crippen LogP contribution is 2.35. The van der Waals surface area contributed by atoms with Crippen molar-refractivity contribution >= 4 is 46.1 Å². The van der Waals surface area contributed by atoms with E-state index in [4.69, 9.17) is 12.2 Å². The predicted molar refractivity (Wildman–Crippen MR) is 150 cm³/mol. The fourth-order valence-electron chi connectivity index (χ4n) is 4.16. The highest BCUT2D eigenvalue weighted by molar-refractivity contribution is 8.26. The summed E-state index contributed by atoms with van der Waals surface area (Å²) in [6, 6.07) is 21.8. The molecule has 1 aliphatic heterocycles. The molecular weight excluding hydrogens is 488 g/mol. The lowest BCUT2D eigenvalue weighted by atomic mass is 10.0. The third-order valence-electron chi connectivity index (χ3n) is 6.07. The van der Waals surface area contributed by atoms with Gasteiger partial charge in [0.05, 0.1) is 11.4 Å². The zero-order valence-corrected chi connectivity index (χ0v) is 21.8. The number of nitrogens with zero attached hydrogens (tertiary/aromatic N) is 3. The molecule has 0 saturated carbocycles. The molecule has 0 radical (unpaired) electrons. The van der Waals surface area contributed by atoms with Crippen LogP contribution in [-0.4, -0.2) is 26.2 Å². The Labute approximate surface area is 220 Å². The van der Waals surface area contributed by atoms with Crippen LogP contribution in [0.1, 0.15) is 34.7 Å². The number of anilines is 1. The Hall–Kier alpha value is -3.67. The maximum atomic E-state index is 13.3. The summed E-state index contributed by atoms with van der Waals surface area (Å²) in [4.78, 5) is 28.4. The van der Waals surface area contributed by atoms with Crippen LogP contribution in [0.3, 0.4) is 0 Å². The van der Waals surface area contributed by atoms with Gasteiger partial charge in [0.25, 0.3) is 11.5 Å². The summed E-state index contributed by atoms with van der Waals surface area (Å²) in [7, 11) is 0. The van der Waals surface area contributed by atoms with Crippen LogP contribution in [0, 0.1) is 18.3 Å². The maximum Gasteiger partial charge on any atom is 0.270 e. The van der Waals surface area contributed by atoms with E-state index in [1.165, 1.54) is 17.3 Å². The number of hydrogen-bond acceptors (Lipinski definition) is 6. The van der Waals surface area contributed by atoms with Crippen LogP contribution in [0.25, 0.3) is 6.08 Å². The van der Waals surface area contributed by atoms with Gasteiger partial charge in [0.1, 0.15) is 21.8 Å². The monoisotopic (exact) mass is 514 g/mol. The van der Waals surface area contributed by atoms with Crippen LogP contribution in [0.2, 0.25) is 0 Å². The van der Waals surface area contributed by atoms with Crippen molar-refractivity contribution in [1.82, 2.24) is 9.47 Å². The molecule has 0 bridgehead atoms. The van der Waals surface area contributed by atoms with Crippen molar-refractivity contribution in [1.29, 1.82) is 5.26 Å². The molecule has 1 aromatic heterocycles. The number of pyridine rings is 1. The zero-order chi connectivity index (χ0) is 25.7. The van der Waals surface area contributed by atoms with Gasteiger partial charge in [0, 0.05) is 18.7 Å². The van der Waals surface area contributed by atoms with Gasteiger partial charge < -0.3 is 5.32 Å². The number of carbonyl (C=O) groups excluding carboxylic acids is 1. The van der Waals surface area contributed by atoms with E-state index in [0.717, 1.165) is 12.0 Å². The molecule has 2 aromatic carbocycles. The Balaban J connectivity index is 1.71. The first-order valence-corrected chi connectivity index (χ1v) is 12.9. The Morgan fingerprint density at radius 2 is 1.69 bits per heavy atom. The number of amides is 1. The SMILES string of the molecule is CCn1c(NCCc2ccccc2)c(/C=C2/SC(=S)N(Cc3ccccc3)C2=O)c(C)c(C#N)c1=O. The summed E-state index contributed by atoms with van der Waals surface area (Å²) in [5.74, 6) is 0.416. The number of thioether (sulfide) groups is 1. The number of nitrogens with one attached hydrogen (secondary N) is 1. The van der Waals surface area contributed by atoms with Crippen molar-refractivity contribution in [2.24, 2.45) is 0 Å². The summed E-state index contributed by atoms with van der Waals surface area (Å²) >= 11 is 6.76. The third-order valence-corrected chi connectivity index (χ3v) is 7.45. The number of hydrogen-bond donors (Lipinski definition) is 1. The molecule has 182 valence electrons. The first kappa shape index (κ1) is 25.4. The number of benzene rings is 2. The molecule has 1 amide bonds. The number of nitriles is 1. The van der Waals surface area contributed by atoms with Crippen LogP contribution >= 0.6 is 24.0 Å². The van der Waals surface area contributed by atoms with E-state index in [2.05, 4.69) is 23.5 Å². The fourth-order valence-corrected chi connectivity index (χ4v) is 5.40. The summed E-state index contributed by atoms with van der Waals surface area (Å²) in [5, 5.41) is 13.1. The zero-order valence-electron chi connectivity index (χ0n) is 20.2. The molecule has 4 rings (SSSR count). The molecule has 6 nitrogen and oxygen atoms in total. The lowest BCUT2D eigenvalue weighted by molar-refractivity contribution is -0.122. The minimum Gasteiger partial charge on any atom is -0.371 e. The molecular formula is C28H26N4O2S2. The molecule has 3 aromatic rings. The Morgan fingerprint density at radius 1 is 1.06 bits per heavy atom. The normalized spacial score (nSPS) is 14.4. The van der Waals surface area contributed by atoms with Gasteiger partial charge in [-0.2, -0.15) is 5.26 Å². The van der Waals surface area contributed by atoms with E-state index in [1.807, 2.05) is 55.5 Å². The van der Waals surface area contributed by atoms with Crippen molar-refractivity contribution in [3.05, 3.63) is 104 Å². The molecule has 2 heterocycles. The molecule has 36 heavy (non-hydrogen) atoms. The second kappa shape index (κ2) is 11.4. The lowest BCUT2D eigenvalue weighted by Crippen LogP contribution is -2.28. The highest BCUT2D eigenvalue weighted by atomic mass is 32.2. The number of carbonyl (C=O) groups is 1. The summed E-state index contributed by atoms with van der Waals surface area (Å²) in [6.07, 6.45) is 2.52. The summed E-state index contributed by atoms with van der Waals surface area (Å²) in [6.45, 7) is 4.98. The first-order chi connectivity index (χ1) is 17.4. The molecule has 1 fully saturated rings.